The van der Waals surface area contributed by atoms with Crippen LogP contribution in [-0.4, -0.2) is 51.0 Å². The largest absolute Gasteiger partial charge is 0.367 e. The standard InChI is InChI=1S/C17H24N8O2S/c1-12(2)17-20-16(11-24(17)4)28(26,27)19-9-8-18-14-5-6-15(22-21-14)25-10-7-13(3)23-25/h5-7,10-12,19H,8-9H2,1-4H3,(H,18,21). The molecule has 3 heterocycles. The Labute approximate surface area is 164 Å². The molecule has 11 heteroatoms. The van der Waals surface area contributed by atoms with Crippen molar-refractivity contribution < 1.29 is 8.42 Å². The van der Waals surface area contributed by atoms with Gasteiger partial charge in [-0.2, -0.15) is 5.10 Å². The van der Waals surface area contributed by atoms with Crippen molar-refractivity contribution in [2.24, 2.45) is 7.05 Å². The van der Waals surface area contributed by atoms with E-state index in [4.69, 9.17) is 0 Å². The summed E-state index contributed by atoms with van der Waals surface area (Å²) in [7, 11) is -1.87. The molecule has 3 aromatic heterocycles. The predicted octanol–water partition coefficient (Wildman–Crippen LogP) is 1.22. The molecule has 0 saturated heterocycles. The van der Waals surface area contributed by atoms with E-state index in [-0.39, 0.29) is 17.5 Å². The molecular formula is C17H24N8O2S. The molecule has 0 spiro atoms. The summed E-state index contributed by atoms with van der Waals surface area (Å²) in [4.78, 5) is 4.22. The zero-order valence-corrected chi connectivity index (χ0v) is 17.1. The molecule has 10 nitrogen and oxygen atoms in total. The van der Waals surface area contributed by atoms with Gasteiger partial charge in [0.05, 0.1) is 5.69 Å². The van der Waals surface area contributed by atoms with Crippen molar-refractivity contribution >= 4 is 15.8 Å². The lowest BCUT2D eigenvalue weighted by atomic mass is 10.2. The third kappa shape index (κ3) is 4.54. The van der Waals surface area contributed by atoms with E-state index >= 15 is 0 Å². The second-order valence-corrected chi connectivity index (χ2v) is 8.42. The average molecular weight is 405 g/mol. The summed E-state index contributed by atoms with van der Waals surface area (Å²) in [5.74, 6) is 2.02. The van der Waals surface area contributed by atoms with Crippen LogP contribution in [0.1, 0.15) is 31.3 Å². The second-order valence-electron chi connectivity index (χ2n) is 6.71. The van der Waals surface area contributed by atoms with E-state index in [1.54, 1.807) is 28.4 Å². The molecule has 0 amide bonds. The Morgan fingerprint density at radius 2 is 1.93 bits per heavy atom. The number of aryl methyl sites for hydroxylation is 2. The summed E-state index contributed by atoms with van der Waals surface area (Å²) in [5, 5.41) is 15.5. The third-order valence-electron chi connectivity index (χ3n) is 4.01. The predicted molar refractivity (Wildman–Crippen MR) is 105 cm³/mol. The van der Waals surface area contributed by atoms with Gasteiger partial charge in [-0.15, -0.1) is 10.2 Å². The summed E-state index contributed by atoms with van der Waals surface area (Å²) in [6, 6.07) is 5.43. The number of nitrogens with zero attached hydrogens (tertiary/aromatic N) is 6. The van der Waals surface area contributed by atoms with Crippen molar-refractivity contribution in [3.8, 4) is 5.82 Å². The monoisotopic (exact) mass is 404 g/mol. The highest BCUT2D eigenvalue weighted by molar-refractivity contribution is 7.89. The number of anilines is 1. The number of sulfonamides is 1. The van der Waals surface area contributed by atoms with E-state index in [2.05, 4.69) is 30.3 Å². The number of hydrogen-bond donors (Lipinski definition) is 2. The Hall–Kier alpha value is -2.79. The smallest absolute Gasteiger partial charge is 0.259 e. The summed E-state index contributed by atoms with van der Waals surface area (Å²) in [6.07, 6.45) is 3.33. The first-order valence-corrected chi connectivity index (χ1v) is 10.4. The summed E-state index contributed by atoms with van der Waals surface area (Å²) in [6.45, 7) is 6.39. The van der Waals surface area contributed by atoms with Crippen molar-refractivity contribution in [1.82, 2.24) is 34.3 Å². The van der Waals surface area contributed by atoms with E-state index in [0.29, 0.717) is 18.2 Å². The van der Waals surface area contributed by atoms with Gasteiger partial charge in [0.1, 0.15) is 11.6 Å². The van der Waals surface area contributed by atoms with Gasteiger partial charge >= 0.3 is 0 Å². The Morgan fingerprint density at radius 1 is 1.14 bits per heavy atom. The Bertz CT molecular complexity index is 1040. The first-order chi connectivity index (χ1) is 13.3. The maximum absolute atomic E-state index is 12.4. The highest BCUT2D eigenvalue weighted by Crippen LogP contribution is 2.15. The molecule has 0 unspecified atom stereocenters. The summed E-state index contributed by atoms with van der Waals surface area (Å²) >= 11 is 0. The van der Waals surface area contributed by atoms with Crippen molar-refractivity contribution in [1.29, 1.82) is 0 Å². The number of aromatic nitrogens is 6. The van der Waals surface area contributed by atoms with Crippen molar-refractivity contribution in [3.63, 3.8) is 0 Å². The number of nitrogens with one attached hydrogen (secondary N) is 2. The summed E-state index contributed by atoms with van der Waals surface area (Å²) in [5.41, 5.74) is 0.893. The van der Waals surface area contributed by atoms with E-state index in [9.17, 15) is 8.42 Å². The highest BCUT2D eigenvalue weighted by Gasteiger charge is 2.20. The van der Waals surface area contributed by atoms with Crippen LogP contribution >= 0.6 is 0 Å². The summed E-state index contributed by atoms with van der Waals surface area (Å²) < 4.78 is 30.7. The van der Waals surface area contributed by atoms with Gasteiger partial charge in [-0.1, -0.05) is 13.8 Å². The third-order valence-corrected chi connectivity index (χ3v) is 5.34. The van der Waals surface area contributed by atoms with Gasteiger partial charge < -0.3 is 9.88 Å². The molecule has 0 aliphatic rings. The molecular weight excluding hydrogens is 380 g/mol. The fraction of sp³-hybridized carbons (Fsp3) is 0.412. The van der Waals surface area contributed by atoms with Crippen molar-refractivity contribution in [2.45, 2.75) is 31.7 Å². The fourth-order valence-electron chi connectivity index (χ4n) is 2.65. The normalized spacial score (nSPS) is 11.9. The first-order valence-electron chi connectivity index (χ1n) is 8.89. The Morgan fingerprint density at radius 3 is 2.50 bits per heavy atom. The van der Waals surface area contributed by atoms with Gasteiger partial charge in [0.25, 0.3) is 10.0 Å². The molecule has 150 valence electrons. The van der Waals surface area contributed by atoms with Crippen LogP contribution in [0.4, 0.5) is 5.82 Å². The lowest BCUT2D eigenvalue weighted by molar-refractivity contribution is 0.579. The van der Waals surface area contributed by atoms with Crippen molar-refractivity contribution in [3.05, 3.63) is 42.1 Å². The van der Waals surface area contributed by atoms with Crippen molar-refractivity contribution in [2.75, 3.05) is 18.4 Å². The van der Waals surface area contributed by atoms with Gasteiger partial charge in [-0.25, -0.2) is 22.8 Å². The van der Waals surface area contributed by atoms with E-state index in [0.717, 1.165) is 11.5 Å². The van der Waals surface area contributed by atoms with Crippen LogP contribution in [0, 0.1) is 6.92 Å². The SMILES string of the molecule is Cc1ccn(-c2ccc(NCCNS(=O)(=O)c3cn(C)c(C(C)C)n3)nn2)n1. The van der Waals surface area contributed by atoms with Crippen LogP contribution in [0.5, 0.6) is 0 Å². The maximum Gasteiger partial charge on any atom is 0.259 e. The van der Waals surface area contributed by atoms with Gasteiger partial charge in [-0.3, -0.25) is 0 Å². The van der Waals surface area contributed by atoms with Crippen LogP contribution in [0.3, 0.4) is 0 Å². The molecule has 0 saturated carbocycles. The zero-order valence-electron chi connectivity index (χ0n) is 16.3. The van der Waals surface area contributed by atoms with Crippen LogP contribution in [0.2, 0.25) is 0 Å². The van der Waals surface area contributed by atoms with Crippen LogP contribution in [0.15, 0.2) is 35.6 Å². The van der Waals surface area contributed by atoms with Crippen LogP contribution in [0.25, 0.3) is 5.82 Å². The molecule has 3 aromatic rings. The lowest BCUT2D eigenvalue weighted by Gasteiger charge is -2.07. The van der Waals surface area contributed by atoms with E-state index in [1.807, 2.05) is 33.0 Å². The minimum Gasteiger partial charge on any atom is -0.367 e. The molecule has 0 aliphatic carbocycles. The minimum atomic E-state index is -3.66. The molecule has 0 bridgehead atoms. The van der Waals surface area contributed by atoms with Gasteiger partial charge in [-0.05, 0) is 25.1 Å². The molecule has 0 fully saturated rings. The Kier molecular flexibility index (Phi) is 5.75. The van der Waals surface area contributed by atoms with Gasteiger partial charge in [0, 0.05) is 38.4 Å². The molecule has 2 N–H and O–H groups in total. The van der Waals surface area contributed by atoms with Gasteiger partial charge in [0.15, 0.2) is 10.8 Å². The number of hydrogen-bond acceptors (Lipinski definition) is 7. The minimum absolute atomic E-state index is 0.0253. The Balaban J connectivity index is 1.53. The van der Waals surface area contributed by atoms with Crippen LogP contribution in [-0.2, 0) is 17.1 Å². The average Bonchev–Trinajstić information content (AvgIpc) is 3.25. The number of imidazole rings is 1. The molecule has 0 atom stereocenters. The first kappa shape index (κ1) is 20.0. The molecule has 0 aromatic carbocycles. The van der Waals surface area contributed by atoms with Crippen LogP contribution < -0.4 is 10.0 Å². The zero-order chi connectivity index (χ0) is 20.3. The second kappa shape index (κ2) is 8.07. The molecule has 28 heavy (non-hydrogen) atoms. The molecule has 0 aliphatic heterocycles. The highest BCUT2D eigenvalue weighted by atomic mass is 32.2. The maximum atomic E-state index is 12.4. The molecule has 3 rings (SSSR count). The van der Waals surface area contributed by atoms with E-state index < -0.39 is 10.0 Å². The quantitative estimate of drug-likeness (QED) is 0.542. The number of rotatable bonds is 8. The van der Waals surface area contributed by atoms with Gasteiger partial charge in [0.2, 0.25) is 0 Å². The molecule has 0 radical (unpaired) electrons. The van der Waals surface area contributed by atoms with E-state index in [1.165, 1.54) is 6.20 Å². The topological polar surface area (TPSA) is 120 Å². The lowest BCUT2D eigenvalue weighted by Crippen LogP contribution is -2.29. The fourth-order valence-corrected chi connectivity index (χ4v) is 3.68.